The second-order valence-electron chi connectivity index (χ2n) is 11.3. The number of amides is 4. The Bertz CT molecular complexity index is 1400. The van der Waals surface area contributed by atoms with Gasteiger partial charge in [-0.25, -0.2) is 4.90 Å². The fraction of sp³-hybridized carbons (Fsp3) is 0.419. The van der Waals surface area contributed by atoms with Crippen LogP contribution in [0, 0.1) is 36.0 Å². The van der Waals surface area contributed by atoms with E-state index in [0.29, 0.717) is 42.6 Å². The number of aryl methyl sites for hydroxylation is 1. The molecule has 2 aromatic rings. The molecule has 6 rings (SSSR count). The van der Waals surface area contributed by atoms with Crippen LogP contribution >= 0.6 is 0 Å². The first-order chi connectivity index (χ1) is 18.2. The first kappa shape index (κ1) is 24.6. The van der Waals surface area contributed by atoms with Gasteiger partial charge in [-0.1, -0.05) is 55.0 Å². The number of carbonyl (C=O) groups is 4. The van der Waals surface area contributed by atoms with E-state index < -0.39 is 29.1 Å². The summed E-state index contributed by atoms with van der Waals surface area (Å²) in [6.07, 6.45) is 3.43. The lowest BCUT2D eigenvalue weighted by molar-refractivity contribution is -0.140. The number of carbonyl (C=O) groups excluding carboxylic acids is 4. The molecule has 7 heteroatoms. The van der Waals surface area contributed by atoms with Crippen LogP contribution in [-0.2, 0) is 19.2 Å². The Balaban J connectivity index is 1.54. The molecule has 0 unspecified atom stereocenters. The molecule has 0 bridgehead atoms. The predicted octanol–water partition coefficient (Wildman–Crippen LogP) is 4.34. The van der Waals surface area contributed by atoms with E-state index in [-0.39, 0.29) is 35.3 Å². The van der Waals surface area contributed by atoms with Gasteiger partial charge < -0.3 is 5.11 Å². The largest absolute Gasteiger partial charge is 0.507 e. The minimum Gasteiger partial charge on any atom is -0.507 e. The fourth-order valence-corrected chi connectivity index (χ4v) is 7.61. The van der Waals surface area contributed by atoms with E-state index in [9.17, 15) is 24.3 Å². The van der Waals surface area contributed by atoms with Crippen molar-refractivity contribution in [2.75, 3.05) is 11.4 Å². The topological polar surface area (TPSA) is 95.0 Å². The summed E-state index contributed by atoms with van der Waals surface area (Å²) in [7, 11) is 0. The highest BCUT2D eigenvalue weighted by molar-refractivity contribution is 6.24. The van der Waals surface area contributed by atoms with Gasteiger partial charge in [0.05, 0.1) is 28.9 Å². The third-order valence-corrected chi connectivity index (χ3v) is 9.41. The molecule has 2 aromatic carbocycles. The Morgan fingerprint density at radius 3 is 2.39 bits per heavy atom. The fourth-order valence-electron chi connectivity index (χ4n) is 7.61. The van der Waals surface area contributed by atoms with Crippen molar-refractivity contribution in [1.29, 1.82) is 0 Å². The van der Waals surface area contributed by atoms with Crippen LogP contribution in [0.1, 0.15) is 50.2 Å². The van der Waals surface area contributed by atoms with Crippen molar-refractivity contribution in [1.82, 2.24) is 4.90 Å². The molecule has 3 fully saturated rings. The molecule has 2 saturated heterocycles. The monoisotopic (exact) mass is 512 g/mol. The molecule has 4 amide bonds. The predicted molar refractivity (Wildman–Crippen MR) is 141 cm³/mol. The summed E-state index contributed by atoms with van der Waals surface area (Å²) >= 11 is 0. The van der Waals surface area contributed by atoms with Crippen LogP contribution in [0.4, 0.5) is 5.69 Å². The number of hydrogen-bond acceptors (Lipinski definition) is 5. The van der Waals surface area contributed by atoms with Gasteiger partial charge in [0, 0.05) is 18.0 Å². The molecule has 6 atom stereocenters. The summed E-state index contributed by atoms with van der Waals surface area (Å²) in [4.78, 5) is 57.8. The van der Waals surface area contributed by atoms with Crippen LogP contribution < -0.4 is 4.90 Å². The number of aromatic hydroxyl groups is 1. The second kappa shape index (κ2) is 8.65. The maximum atomic E-state index is 14.3. The zero-order chi connectivity index (χ0) is 26.9. The van der Waals surface area contributed by atoms with Crippen molar-refractivity contribution in [3.63, 3.8) is 0 Å². The van der Waals surface area contributed by atoms with Gasteiger partial charge in [-0.15, -0.1) is 0 Å². The standard InChI is InChI=1S/C31H32N2O5/c1-4-15-32-27(35)20-14-13-19-22(24(20)29(32)37)16-23-28(36)33(18-10-6-5-7-11-18)30(38)31(23,3)25(19)21-12-8-9-17(2)26(21)34/h5-13,20,22-25,34H,4,14-16H2,1-3H3/t20-,22+,23-,24-,25+,31+/m0/s1. The van der Waals surface area contributed by atoms with Crippen LogP contribution in [0.3, 0.4) is 0 Å². The molecule has 2 heterocycles. The van der Waals surface area contributed by atoms with E-state index in [1.54, 1.807) is 24.3 Å². The van der Waals surface area contributed by atoms with E-state index in [1.807, 2.05) is 51.1 Å². The zero-order valence-corrected chi connectivity index (χ0v) is 21.9. The molecule has 0 spiro atoms. The first-order valence-corrected chi connectivity index (χ1v) is 13.5. The average Bonchev–Trinajstić information content (AvgIpc) is 3.27. The van der Waals surface area contributed by atoms with Crippen molar-refractivity contribution in [2.24, 2.45) is 29.1 Å². The normalized spacial score (nSPS) is 32.3. The number of hydrogen-bond donors (Lipinski definition) is 1. The number of rotatable bonds is 4. The smallest absolute Gasteiger partial charge is 0.241 e. The highest BCUT2D eigenvalue weighted by Gasteiger charge is 2.67. The molecule has 1 N–H and O–H groups in total. The molecule has 2 aliphatic carbocycles. The van der Waals surface area contributed by atoms with Gasteiger partial charge >= 0.3 is 0 Å². The van der Waals surface area contributed by atoms with E-state index in [0.717, 1.165) is 5.57 Å². The first-order valence-electron chi connectivity index (χ1n) is 13.5. The molecular weight excluding hydrogens is 480 g/mol. The SMILES string of the molecule is CCCN1C(=O)[C@H]2[C@H](CC=C3[C@H]2C[C@H]2C(=O)N(c4ccccc4)C(=O)[C@@]2(C)[C@H]3c2cccc(C)c2O)C1=O. The number of fused-ring (bicyclic) bond motifs is 4. The maximum Gasteiger partial charge on any atom is 0.241 e. The van der Waals surface area contributed by atoms with Crippen LogP contribution in [0.25, 0.3) is 0 Å². The summed E-state index contributed by atoms with van der Waals surface area (Å²) in [5, 5.41) is 11.2. The number of allylic oxidation sites excluding steroid dienone is 2. The van der Waals surface area contributed by atoms with Crippen LogP contribution in [0.2, 0.25) is 0 Å². The molecule has 0 radical (unpaired) electrons. The Morgan fingerprint density at radius 1 is 0.947 bits per heavy atom. The zero-order valence-electron chi connectivity index (χ0n) is 21.9. The molecule has 1 saturated carbocycles. The minimum absolute atomic E-state index is 0.0981. The Morgan fingerprint density at radius 2 is 1.68 bits per heavy atom. The minimum atomic E-state index is -1.15. The Kier molecular flexibility index (Phi) is 5.60. The third-order valence-electron chi connectivity index (χ3n) is 9.41. The molecule has 2 aliphatic heterocycles. The summed E-state index contributed by atoms with van der Waals surface area (Å²) in [6.45, 7) is 5.97. The second-order valence-corrected chi connectivity index (χ2v) is 11.3. The molecular formula is C31H32N2O5. The van der Waals surface area contributed by atoms with Gasteiger partial charge in [0.2, 0.25) is 23.6 Å². The van der Waals surface area contributed by atoms with Crippen molar-refractivity contribution in [2.45, 2.75) is 46.0 Å². The van der Waals surface area contributed by atoms with E-state index in [2.05, 4.69) is 0 Å². The molecule has 196 valence electrons. The lowest BCUT2D eigenvalue weighted by atomic mass is 9.51. The number of phenols is 1. The number of para-hydroxylation sites is 2. The molecule has 7 nitrogen and oxygen atoms in total. The highest BCUT2D eigenvalue weighted by Crippen LogP contribution is 2.64. The number of benzene rings is 2. The van der Waals surface area contributed by atoms with E-state index in [4.69, 9.17) is 0 Å². The lowest BCUT2D eigenvalue weighted by Gasteiger charge is -2.49. The number of anilines is 1. The van der Waals surface area contributed by atoms with E-state index >= 15 is 0 Å². The van der Waals surface area contributed by atoms with Crippen LogP contribution in [0.5, 0.6) is 5.75 Å². The van der Waals surface area contributed by atoms with Gasteiger partial charge in [-0.2, -0.15) is 0 Å². The van der Waals surface area contributed by atoms with Crippen LogP contribution in [-0.4, -0.2) is 40.2 Å². The lowest BCUT2D eigenvalue weighted by Crippen LogP contribution is -2.49. The number of nitrogens with zero attached hydrogens (tertiary/aromatic N) is 2. The summed E-state index contributed by atoms with van der Waals surface area (Å²) in [5.74, 6) is -3.45. The molecule has 0 aromatic heterocycles. The number of likely N-dealkylation sites (tertiary alicyclic amines) is 1. The molecule has 4 aliphatic rings. The molecule has 38 heavy (non-hydrogen) atoms. The number of imide groups is 2. The summed E-state index contributed by atoms with van der Waals surface area (Å²) in [5.41, 5.74) is 1.52. The number of phenolic OH excluding ortho intramolecular Hbond substituents is 1. The summed E-state index contributed by atoms with van der Waals surface area (Å²) in [6, 6.07) is 14.4. The highest BCUT2D eigenvalue weighted by atomic mass is 16.3. The Labute approximate surface area is 222 Å². The van der Waals surface area contributed by atoms with Crippen molar-refractivity contribution in [3.05, 3.63) is 71.3 Å². The van der Waals surface area contributed by atoms with Gasteiger partial charge in [-0.3, -0.25) is 24.1 Å². The van der Waals surface area contributed by atoms with Gasteiger partial charge in [0.1, 0.15) is 5.75 Å². The van der Waals surface area contributed by atoms with Crippen molar-refractivity contribution in [3.8, 4) is 5.75 Å². The van der Waals surface area contributed by atoms with Crippen molar-refractivity contribution < 1.29 is 24.3 Å². The Hall–Kier alpha value is -3.74. The third kappa shape index (κ3) is 3.14. The van der Waals surface area contributed by atoms with Gasteiger partial charge in [0.25, 0.3) is 0 Å². The van der Waals surface area contributed by atoms with Crippen LogP contribution in [0.15, 0.2) is 60.2 Å². The van der Waals surface area contributed by atoms with Gasteiger partial charge in [0.15, 0.2) is 0 Å². The van der Waals surface area contributed by atoms with Crippen molar-refractivity contribution >= 4 is 29.3 Å². The van der Waals surface area contributed by atoms with E-state index in [1.165, 1.54) is 9.80 Å². The quantitative estimate of drug-likeness (QED) is 0.486. The maximum absolute atomic E-state index is 14.3. The average molecular weight is 513 g/mol. The summed E-state index contributed by atoms with van der Waals surface area (Å²) < 4.78 is 0. The van der Waals surface area contributed by atoms with Gasteiger partial charge in [-0.05, 0) is 56.7 Å².